The van der Waals surface area contributed by atoms with E-state index in [1.54, 1.807) is 0 Å². The molecule has 0 spiro atoms. The average Bonchev–Trinajstić information content (AvgIpc) is 3.26. The van der Waals surface area contributed by atoms with E-state index in [-0.39, 0.29) is 12.7 Å². The maximum absolute atomic E-state index is 8.88. The number of nitrogens with zero attached hydrogens (tertiary/aromatic N) is 3. The number of aliphatic hydroxyl groups is 1. The van der Waals surface area contributed by atoms with Crippen molar-refractivity contribution in [3.05, 3.63) is 41.3 Å². The van der Waals surface area contributed by atoms with Gasteiger partial charge in [-0.05, 0) is 49.1 Å². The quantitative estimate of drug-likeness (QED) is 0.621. The Morgan fingerprint density at radius 3 is 3.00 bits per heavy atom. The summed E-state index contributed by atoms with van der Waals surface area (Å²) in [4.78, 5) is 16.1. The fourth-order valence-electron chi connectivity index (χ4n) is 2.96. The van der Waals surface area contributed by atoms with Crippen molar-refractivity contribution in [3.8, 4) is 17.6 Å². The number of aromatic amines is 1. The minimum Gasteiger partial charge on any atom is -0.489 e. The van der Waals surface area contributed by atoms with Gasteiger partial charge in [0, 0.05) is 6.21 Å². The molecule has 0 atom stereocenters. The second-order valence-corrected chi connectivity index (χ2v) is 6.44. The number of benzene rings is 1. The number of rotatable bonds is 4. The SMILES string of the molecule is CC(C)Oc1cc2c(cc1Nc1ncnc3[nH]c(C#CCO)cc13)C=NC2. The Bertz CT molecular complexity index is 1090. The Balaban J connectivity index is 1.75. The normalized spacial score (nSPS) is 12.1. The molecule has 1 aliphatic rings. The zero-order valence-electron chi connectivity index (χ0n) is 15.1. The molecule has 3 heterocycles. The van der Waals surface area contributed by atoms with Gasteiger partial charge in [0.1, 0.15) is 30.1 Å². The summed E-state index contributed by atoms with van der Waals surface area (Å²) in [5.41, 5.74) is 4.38. The summed E-state index contributed by atoms with van der Waals surface area (Å²) in [6.45, 7) is 4.47. The van der Waals surface area contributed by atoms with Crippen LogP contribution in [-0.4, -0.2) is 39.0 Å². The van der Waals surface area contributed by atoms with Gasteiger partial charge in [-0.3, -0.25) is 4.99 Å². The van der Waals surface area contributed by atoms with Crippen LogP contribution in [0, 0.1) is 11.8 Å². The van der Waals surface area contributed by atoms with Crippen molar-refractivity contribution >= 4 is 28.8 Å². The highest BCUT2D eigenvalue weighted by Gasteiger charge is 2.16. The molecule has 0 fully saturated rings. The van der Waals surface area contributed by atoms with E-state index >= 15 is 0 Å². The third-order valence-electron chi connectivity index (χ3n) is 4.08. The molecule has 0 aliphatic carbocycles. The fraction of sp³-hybridized carbons (Fsp3) is 0.250. The van der Waals surface area contributed by atoms with Gasteiger partial charge in [-0.1, -0.05) is 5.92 Å². The van der Waals surface area contributed by atoms with E-state index in [9.17, 15) is 0 Å². The molecule has 1 aliphatic heterocycles. The van der Waals surface area contributed by atoms with Crippen LogP contribution in [0.1, 0.15) is 30.7 Å². The molecular weight excluding hydrogens is 342 g/mol. The number of aromatic nitrogens is 3. The van der Waals surface area contributed by atoms with Crippen LogP contribution >= 0.6 is 0 Å². The summed E-state index contributed by atoms with van der Waals surface area (Å²) < 4.78 is 5.99. The maximum Gasteiger partial charge on any atom is 0.143 e. The number of anilines is 2. The first-order chi connectivity index (χ1) is 13.1. The van der Waals surface area contributed by atoms with E-state index in [1.165, 1.54) is 6.33 Å². The Morgan fingerprint density at radius 1 is 1.30 bits per heavy atom. The maximum atomic E-state index is 8.88. The van der Waals surface area contributed by atoms with Crippen LogP contribution in [0.2, 0.25) is 0 Å². The summed E-state index contributed by atoms with van der Waals surface area (Å²) in [6, 6.07) is 5.91. The largest absolute Gasteiger partial charge is 0.489 e. The fourth-order valence-corrected chi connectivity index (χ4v) is 2.96. The molecule has 27 heavy (non-hydrogen) atoms. The van der Waals surface area contributed by atoms with E-state index in [0.717, 1.165) is 28.0 Å². The number of hydrogen-bond donors (Lipinski definition) is 3. The summed E-state index contributed by atoms with van der Waals surface area (Å²) in [5, 5.41) is 13.1. The summed E-state index contributed by atoms with van der Waals surface area (Å²) in [5.74, 6) is 6.89. The van der Waals surface area contributed by atoms with E-state index in [0.29, 0.717) is 23.7 Å². The predicted octanol–water partition coefficient (Wildman–Crippen LogP) is 2.77. The highest BCUT2D eigenvalue weighted by molar-refractivity contribution is 5.92. The molecule has 0 saturated carbocycles. The number of ether oxygens (including phenoxy) is 1. The van der Waals surface area contributed by atoms with Gasteiger partial charge in [0.25, 0.3) is 0 Å². The molecule has 7 heteroatoms. The Morgan fingerprint density at radius 2 is 2.19 bits per heavy atom. The monoisotopic (exact) mass is 361 g/mol. The lowest BCUT2D eigenvalue weighted by Crippen LogP contribution is -2.08. The van der Waals surface area contributed by atoms with Crippen LogP contribution in [0.4, 0.5) is 11.5 Å². The number of aliphatic hydroxyl groups excluding tert-OH is 1. The van der Waals surface area contributed by atoms with Crippen LogP contribution in [0.25, 0.3) is 11.0 Å². The third kappa shape index (κ3) is 3.48. The van der Waals surface area contributed by atoms with Gasteiger partial charge >= 0.3 is 0 Å². The summed E-state index contributed by atoms with van der Waals surface area (Å²) in [7, 11) is 0. The Labute approximate surface area is 156 Å². The smallest absolute Gasteiger partial charge is 0.143 e. The zero-order valence-corrected chi connectivity index (χ0v) is 15.1. The molecule has 3 aromatic rings. The number of fused-ring (bicyclic) bond motifs is 2. The van der Waals surface area contributed by atoms with E-state index in [4.69, 9.17) is 9.84 Å². The number of nitrogens with one attached hydrogen (secondary N) is 2. The number of hydrogen-bond acceptors (Lipinski definition) is 6. The molecule has 0 amide bonds. The molecule has 0 unspecified atom stereocenters. The molecule has 0 radical (unpaired) electrons. The highest BCUT2D eigenvalue weighted by atomic mass is 16.5. The van der Waals surface area contributed by atoms with Crippen LogP contribution < -0.4 is 10.1 Å². The molecule has 3 N–H and O–H groups in total. The second kappa shape index (κ2) is 7.09. The Hall–Kier alpha value is -3.37. The first kappa shape index (κ1) is 17.1. The first-order valence-electron chi connectivity index (χ1n) is 8.68. The lowest BCUT2D eigenvalue weighted by atomic mass is 10.1. The van der Waals surface area contributed by atoms with Gasteiger partial charge in [-0.25, -0.2) is 9.97 Å². The van der Waals surface area contributed by atoms with Gasteiger partial charge in [0.2, 0.25) is 0 Å². The van der Waals surface area contributed by atoms with Gasteiger partial charge in [-0.15, -0.1) is 0 Å². The zero-order chi connectivity index (χ0) is 18.8. The molecule has 7 nitrogen and oxygen atoms in total. The molecule has 0 saturated heterocycles. The predicted molar refractivity (Wildman–Crippen MR) is 105 cm³/mol. The van der Waals surface area contributed by atoms with Crippen molar-refractivity contribution < 1.29 is 9.84 Å². The van der Waals surface area contributed by atoms with Crippen molar-refractivity contribution in [3.63, 3.8) is 0 Å². The lowest BCUT2D eigenvalue weighted by Gasteiger charge is -2.17. The average molecular weight is 361 g/mol. The first-order valence-corrected chi connectivity index (χ1v) is 8.68. The van der Waals surface area contributed by atoms with Crippen LogP contribution in [-0.2, 0) is 6.54 Å². The van der Waals surface area contributed by atoms with Crippen molar-refractivity contribution in [2.45, 2.75) is 26.5 Å². The van der Waals surface area contributed by atoms with Crippen molar-refractivity contribution in [2.24, 2.45) is 4.99 Å². The molecule has 1 aromatic carbocycles. The van der Waals surface area contributed by atoms with Gasteiger partial charge in [-0.2, -0.15) is 0 Å². The molecule has 136 valence electrons. The highest BCUT2D eigenvalue weighted by Crippen LogP contribution is 2.34. The van der Waals surface area contributed by atoms with Crippen LogP contribution in [0.15, 0.2) is 29.5 Å². The van der Waals surface area contributed by atoms with E-state index in [2.05, 4.69) is 37.1 Å². The second-order valence-electron chi connectivity index (χ2n) is 6.44. The summed E-state index contributed by atoms with van der Waals surface area (Å²) in [6.07, 6.45) is 3.40. The van der Waals surface area contributed by atoms with E-state index < -0.39 is 0 Å². The Kier molecular flexibility index (Phi) is 4.48. The van der Waals surface area contributed by atoms with Gasteiger partial charge in [0.15, 0.2) is 0 Å². The molecule has 2 aromatic heterocycles. The lowest BCUT2D eigenvalue weighted by molar-refractivity contribution is 0.243. The summed E-state index contributed by atoms with van der Waals surface area (Å²) >= 11 is 0. The number of aliphatic imine (C=N–C) groups is 1. The topological polar surface area (TPSA) is 95.4 Å². The molecule has 0 bridgehead atoms. The van der Waals surface area contributed by atoms with Gasteiger partial charge < -0.3 is 20.1 Å². The van der Waals surface area contributed by atoms with Crippen LogP contribution in [0.3, 0.4) is 0 Å². The number of H-pyrrole nitrogens is 1. The standard InChI is InChI=1S/C20H19N5O2/c1-12(2)27-18-7-14-10-21-9-13(14)6-17(18)25-20-16-8-15(4-3-5-26)24-19(16)22-11-23-20/h6-9,11-12,26H,5,10H2,1-2H3,(H2,22,23,24,25). The van der Waals surface area contributed by atoms with Crippen molar-refractivity contribution in [1.29, 1.82) is 0 Å². The minimum absolute atomic E-state index is 0.0453. The third-order valence-corrected chi connectivity index (χ3v) is 4.08. The van der Waals surface area contributed by atoms with Crippen LogP contribution in [0.5, 0.6) is 5.75 Å². The molecular formula is C20H19N5O2. The molecule has 4 rings (SSSR count). The minimum atomic E-state index is -0.196. The van der Waals surface area contributed by atoms with Crippen molar-refractivity contribution in [2.75, 3.05) is 11.9 Å². The van der Waals surface area contributed by atoms with Crippen molar-refractivity contribution in [1.82, 2.24) is 15.0 Å². The van der Waals surface area contributed by atoms with E-state index in [1.807, 2.05) is 38.3 Å². The van der Waals surface area contributed by atoms with Gasteiger partial charge in [0.05, 0.1) is 29.4 Å².